The molecule has 3 N–H and O–H groups in total. The number of nitrogens with one attached hydrogen (secondary N) is 1. The van der Waals surface area contributed by atoms with Crippen LogP contribution in [0, 0.1) is 0 Å². The number of hydrogen-bond donors (Lipinski definition) is 2. The average Bonchev–Trinajstić information content (AvgIpc) is 3.11. The molecule has 1 unspecified atom stereocenters. The van der Waals surface area contributed by atoms with Crippen LogP contribution in [0.25, 0.3) is 0 Å². The smallest absolute Gasteiger partial charge is 0.319 e. The highest BCUT2D eigenvalue weighted by Gasteiger charge is 2.22. The van der Waals surface area contributed by atoms with Gasteiger partial charge in [0.25, 0.3) is 0 Å². The number of halogens is 2. The van der Waals surface area contributed by atoms with Crippen molar-refractivity contribution in [1.29, 1.82) is 0 Å². The lowest BCUT2D eigenvalue weighted by Crippen LogP contribution is -2.42. The van der Waals surface area contributed by atoms with Crippen molar-refractivity contribution in [2.24, 2.45) is 10.7 Å². The molecule has 1 saturated heterocycles. The predicted molar refractivity (Wildman–Crippen MR) is 77.1 cm³/mol. The highest BCUT2D eigenvalue weighted by molar-refractivity contribution is 5.77. The van der Waals surface area contributed by atoms with E-state index in [0.29, 0.717) is 6.04 Å². The van der Waals surface area contributed by atoms with E-state index < -0.39 is 6.55 Å². The molecule has 0 amide bonds. The molecule has 1 aliphatic rings. The van der Waals surface area contributed by atoms with Gasteiger partial charge in [0, 0.05) is 25.0 Å². The molecule has 2 rings (SSSR count). The van der Waals surface area contributed by atoms with Crippen LogP contribution in [0.4, 0.5) is 8.78 Å². The van der Waals surface area contributed by atoms with Crippen LogP contribution in [0.1, 0.15) is 32.1 Å². The minimum atomic E-state index is -2.61. The molecule has 0 aromatic carbocycles. The lowest BCUT2D eigenvalue weighted by atomic mass is 10.2. The van der Waals surface area contributed by atoms with E-state index in [9.17, 15) is 8.78 Å². The van der Waals surface area contributed by atoms with E-state index in [-0.39, 0.29) is 18.3 Å². The summed E-state index contributed by atoms with van der Waals surface area (Å²) in [6.07, 6.45) is 4.90. The van der Waals surface area contributed by atoms with Crippen molar-refractivity contribution in [3.05, 3.63) is 18.2 Å². The Kier molecular flexibility index (Phi) is 5.49. The van der Waals surface area contributed by atoms with E-state index in [1.807, 2.05) is 0 Å². The fourth-order valence-electron chi connectivity index (χ4n) is 2.62. The van der Waals surface area contributed by atoms with Crippen molar-refractivity contribution in [3.8, 4) is 0 Å². The van der Waals surface area contributed by atoms with Gasteiger partial charge in [-0.2, -0.15) is 8.78 Å². The molecule has 2 heterocycles. The van der Waals surface area contributed by atoms with Crippen LogP contribution in [0.15, 0.2) is 17.4 Å². The number of nitrogens with two attached hydrogens (primary N) is 1. The van der Waals surface area contributed by atoms with E-state index in [1.165, 1.54) is 18.8 Å². The number of likely N-dealkylation sites (tertiary alicyclic amines) is 1. The molecule has 1 aromatic heterocycles. The van der Waals surface area contributed by atoms with Gasteiger partial charge < -0.3 is 11.1 Å². The van der Waals surface area contributed by atoms with Gasteiger partial charge in [0.2, 0.25) is 0 Å². The first kappa shape index (κ1) is 15.7. The summed E-state index contributed by atoms with van der Waals surface area (Å²) in [6, 6.07) is 0.465. The van der Waals surface area contributed by atoms with Crippen molar-refractivity contribution in [2.45, 2.75) is 38.9 Å². The molecule has 0 aliphatic carbocycles. The summed E-state index contributed by atoms with van der Waals surface area (Å²) < 4.78 is 26.1. The lowest BCUT2D eigenvalue weighted by Gasteiger charge is -2.23. The number of aliphatic imine (C=N–C) groups is 1. The minimum Gasteiger partial charge on any atom is -0.370 e. The molecular weight excluding hydrogens is 278 g/mol. The summed E-state index contributed by atoms with van der Waals surface area (Å²) in [7, 11) is 0. The SMILES string of the molecule is CCN1CCCC1CNC(N)=NCc1nccn1C(F)F. The van der Waals surface area contributed by atoms with Gasteiger partial charge in [0.1, 0.15) is 12.4 Å². The zero-order chi connectivity index (χ0) is 15.2. The van der Waals surface area contributed by atoms with Crippen LogP contribution in [-0.4, -0.2) is 46.1 Å². The molecule has 118 valence electrons. The first-order valence-electron chi connectivity index (χ1n) is 7.19. The van der Waals surface area contributed by atoms with Crippen LogP contribution in [0.3, 0.4) is 0 Å². The quantitative estimate of drug-likeness (QED) is 0.611. The molecule has 6 nitrogen and oxygen atoms in total. The van der Waals surface area contributed by atoms with E-state index in [4.69, 9.17) is 5.73 Å². The molecule has 0 spiro atoms. The zero-order valence-corrected chi connectivity index (χ0v) is 12.2. The van der Waals surface area contributed by atoms with Crippen molar-refractivity contribution >= 4 is 5.96 Å². The summed E-state index contributed by atoms with van der Waals surface area (Å²) in [5.74, 6) is 0.465. The first-order chi connectivity index (χ1) is 10.1. The number of nitrogens with zero attached hydrogens (tertiary/aromatic N) is 4. The van der Waals surface area contributed by atoms with E-state index in [1.54, 1.807) is 0 Å². The average molecular weight is 300 g/mol. The van der Waals surface area contributed by atoms with Crippen LogP contribution in [-0.2, 0) is 6.54 Å². The third kappa shape index (κ3) is 4.13. The van der Waals surface area contributed by atoms with Crippen LogP contribution < -0.4 is 11.1 Å². The number of aromatic nitrogens is 2. The second-order valence-corrected chi connectivity index (χ2v) is 5.04. The first-order valence-corrected chi connectivity index (χ1v) is 7.19. The van der Waals surface area contributed by atoms with Gasteiger partial charge in [-0.1, -0.05) is 6.92 Å². The van der Waals surface area contributed by atoms with Crippen molar-refractivity contribution in [2.75, 3.05) is 19.6 Å². The number of rotatable bonds is 6. The van der Waals surface area contributed by atoms with Crippen molar-refractivity contribution in [3.63, 3.8) is 0 Å². The Hall–Kier alpha value is -1.70. The molecule has 0 radical (unpaired) electrons. The molecule has 21 heavy (non-hydrogen) atoms. The Balaban J connectivity index is 1.82. The highest BCUT2D eigenvalue weighted by atomic mass is 19.3. The summed E-state index contributed by atoms with van der Waals surface area (Å²) in [6.45, 7) is 2.44. The molecular formula is C13H22F2N6. The van der Waals surface area contributed by atoms with Gasteiger partial charge in [0.05, 0.1) is 0 Å². The van der Waals surface area contributed by atoms with Crippen LogP contribution >= 0.6 is 0 Å². The van der Waals surface area contributed by atoms with Gasteiger partial charge in [-0.3, -0.25) is 9.47 Å². The lowest BCUT2D eigenvalue weighted by molar-refractivity contribution is 0.0671. The Labute approximate surface area is 123 Å². The highest BCUT2D eigenvalue weighted by Crippen LogP contribution is 2.15. The van der Waals surface area contributed by atoms with Crippen molar-refractivity contribution in [1.82, 2.24) is 19.8 Å². The number of guanidine groups is 1. The second kappa shape index (κ2) is 7.35. The van der Waals surface area contributed by atoms with Gasteiger partial charge >= 0.3 is 6.55 Å². The monoisotopic (exact) mass is 300 g/mol. The van der Waals surface area contributed by atoms with Gasteiger partial charge in [-0.05, 0) is 25.9 Å². The van der Waals surface area contributed by atoms with Crippen molar-refractivity contribution < 1.29 is 8.78 Å². The number of alkyl halides is 2. The maximum atomic E-state index is 12.6. The summed E-state index contributed by atoms with van der Waals surface area (Å²) in [5, 5.41) is 3.06. The molecule has 0 bridgehead atoms. The fraction of sp³-hybridized carbons (Fsp3) is 0.692. The maximum Gasteiger partial charge on any atom is 0.319 e. The number of likely N-dealkylation sites (N-methyl/N-ethyl adjacent to an activating group) is 1. The largest absolute Gasteiger partial charge is 0.370 e. The third-order valence-corrected chi connectivity index (χ3v) is 3.77. The van der Waals surface area contributed by atoms with E-state index >= 15 is 0 Å². The molecule has 1 atom stereocenters. The Morgan fingerprint density at radius 3 is 3.14 bits per heavy atom. The number of hydrogen-bond acceptors (Lipinski definition) is 3. The molecule has 0 saturated carbocycles. The summed E-state index contributed by atoms with van der Waals surface area (Å²) >= 11 is 0. The van der Waals surface area contributed by atoms with Crippen LogP contribution in [0.2, 0.25) is 0 Å². The number of imidazole rings is 1. The van der Waals surface area contributed by atoms with Crippen LogP contribution in [0.5, 0.6) is 0 Å². The normalized spacial score (nSPS) is 20.4. The predicted octanol–water partition coefficient (Wildman–Crippen LogP) is 1.17. The molecule has 1 aliphatic heterocycles. The Bertz CT molecular complexity index is 473. The Morgan fingerprint density at radius 1 is 1.62 bits per heavy atom. The minimum absolute atomic E-state index is 0.0400. The third-order valence-electron chi connectivity index (χ3n) is 3.77. The molecule has 8 heteroatoms. The summed E-state index contributed by atoms with van der Waals surface area (Å²) in [4.78, 5) is 10.3. The molecule has 1 aromatic rings. The summed E-state index contributed by atoms with van der Waals surface area (Å²) in [5.41, 5.74) is 5.78. The topological polar surface area (TPSA) is 71.5 Å². The van der Waals surface area contributed by atoms with Gasteiger partial charge in [-0.25, -0.2) is 9.98 Å². The standard InChI is InChI=1S/C13H22F2N6/c1-2-20-6-3-4-10(20)8-18-13(16)19-9-11-17-5-7-21(11)12(14)15/h5,7,10,12H,2-4,6,8-9H2,1H3,(H3,16,18,19). The fourth-order valence-corrected chi connectivity index (χ4v) is 2.62. The Morgan fingerprint density at radius 2 is 2.43 bits per heavy atom. The second-order valence-electron chi connectivity index (χ2n) is 5.04. The van der Waals surface area contributed by atoms with E-state index in [2.05, 4.69) is 27.1 Å². The van der Waals surface area contributed by atoms with Gasteiger partial charge in [-0.15, -0.1) is 0 Å². The van der Waals surface area contributed by atoms with Gasteiger partial charge in [0.15, 0.2) is 5.96 Å². The molecule has 1 fully saturated rings. The maximum absolute atomic E-state index is 12.6. The van der Waals surface area contributed by atoms with E-state index in [0.717, 1.165) is 30.6 Å². The zero-order valence-electron chi connectivity index (χ0n) is 12.2.